The Hall–Kier alpha value is -1.10. The van der Waals surface area contributed by atoms with Crippen molar-refractivity contribution in [1.29, 1.82) is 0 Å². The predicted molar refractivity (Wildman–Crippen MR) is 40.9 cm³/mol. The Morgan fingerprint density at radius 3 is 2.64 bits per heavy atom. The summed E-state index contributed by atoms with van der Waals surface area (Å²) in [4.78, 5) is 3.90. The third-order valence-corrected chi connectivity index (χ3v) is 1.54. The highest BCUT2D eigenvalue weighted by Crippen LogP contribution is 2.17. The molecule has 0 radical (unpaired) electrons. The second-order valence-corrected chi connectivity index (χ2v) is 3.08. The van der Waals surface area contributed by atoms with Crippen molar-refractivity contribution in [2.45, 2.75) is 19.3 Å². The maximum absolute atomic E-state index is 8.93. The number of hydrogen-bond donors (Lipinski definition) is 3. The monoisotopic (exact) mass is 156 g/mol. The van der Waals surface area contributed by atoms with Crippen LogP contribution in [0.5, 0.6) is 0 Å². The predicted octanol–water partition coefficient (Wildman–Crippen LogP) is -0.343. The maximum Gasteiger partial charge on any atom is 0.239 e. The van der Waals surface area contributed by atoms with E-state index >= 15 is 0 Å². The number of anilines is 1. The van der Waals surface area contributed by atoms with Gasteiger partial charge in [0, 0.05) is 5.41 Å². The van der Waals surface area contributed by atoms with E-state index in [-0.39, 0.29) is 12.6 Å². The van der Waals surface area contributed by atoms with E-state index < -0.39 is 5.41 Å². The zero-order chi connectivity index (χ0) is 8.48. The molecule has 5 heteroatoms. The first-order valence-corrected chi connectivity index (χ1v) is 3.35. The summed E-state index contributed by atoms with van der Waals surface area (Å²) in [5, 5.41) is 15.2. The number of aromatic nitrogens is 3. The molecular weight excluding hydrogens is 144 g/mol. The third kappa shape index (κ3) is 1.48. The van der Waals surface area contributed by atoms with Gasteiger partial charge in [0.2, 0.25) is 5.95 Å². The largest absolute Gasteiger partial charge is 0.395 e. The van der Waals surface area contributed by atoms with E-state index in [1.54, 1.807) is 0 Å². The fourth-order valence-corrected chi connectivity index (χ4v) is 0.652. The van der Waals surface area contributed by atoms with Gasteiger partial charge in [0.15, 0.2) is 0 Å². The van der Waals surface area contributed by atoms with Crippen LogP contribution in [-0.2, 0) is 5.41 Å². The Morgan fingerprint density at radius 1 is 1.64 bits per heavy atom. The number of aliphatic hydroxyl groups is 1. The third-order valence-electron chi connectivity index (χ3n) is 1.54. The van der Waals surface area contributed by atoms with E-state index in [4.69, 9.17) is 10.8 Å². The fourth-order valence-electron chi connectivity index (χ4n) is 0.652. The summed E-state index contributed by atoms with van der Waals surface area (Å²) in [6, 6.07) is 0. The molecule has 4 N–H and O–H groups in total. The standard InChI is InChI=1S/C6H12N4O/c1-6(2,3-11)4-8-5(7)10-9-4/h11H,3H2,1-2H3,(H3,7,8,9,10). The average Bonchev–Trinajstić information content (AvgIpc) is 2.36. The van der Waals surface area contributed by atoms with Crippen LogP contribution in [0.25, 0.3) is 0 Å². The Kier molecular flexibility index (Phi) is 1.82. The Morgan fingerprint density at radius 2 is 2.27 bits per heavy atom. The number of nitrogens with zero attached hydrogens (tertiary/aromatic N) is 2. The van der Waals surface area contributed by atoms with E-state index in [1.165, 1.54) is 0 Å². The molecule has 0 unspecified atom stereocenters. The number of rotatable bonds is 2. The molecule has 1 aromatic rings. The number of hydrogen-bond acceptors (Lipinski definition) is 4. The molecule has 0 aliphatic carbocycles. The Balaban J connectivity index is 2.92. The topological polar surface area (TPSA) is 87.8 Å². The van der Waals surface area contributed by atoms with Crippen molar-refractivity contribution in [2.75, 3.05) is 12.3 Å². The van der Waals surface area contributed by atoms with Gasteiger partial charge < -0.3 is 10.8 Å². The lowest BCUT2D eigenvalue weighted by Crippen LogP contribution is -2.23. The molecule has 0 amide bonds. The molecule has 0 saturated heterocycles. The van der Waals surface area contributed by atoms with Gasteiger partial charge in [-0.1, -0.05) is 13.8 Å². The van der Waals surface area contributed by atoms with Crippen LogP contribution >= 0.6 is 0 Å². The molecule has 1 rings (SSSR count). The molecule has 0 atom stereocenters. The number of nitrogen functional groups attached to an aromatic ring is 1. The summed E-state index contributed by atoms with van der Waals surface area (Å²) < 4.78 is 0. The summed E-state index contributed by atoms with van der Waals surface area (Å²) >= 11 is 0. The SMILES string of the molecule is CC(C)(CO)c1nc(N)n[nH]1. The van der Waals surface area contributed by atoms with Gasteiger partial charge in [0.1, 0.15) is 5.82 Å². The highest BCUT2D eigenvalue weighted by atomic mass is 16.3. The number of aromatic amines is 1. The van der Waals surface area contributed by atoms with Crippen LogP contribution in [0.2, 0.25) is 0 Å². The van der Waals surface area contributed by atoms with Gasteiger partial charge in [-0.05, 0) is 0 Å². The lowest BCUT2D eigenvalue weighted by atomic mass is 9.94. The summed E-state index contributed by atoms with van der Waals surface area (Å²) in [5.74, 6) is 0.819. The van der Waals surface area contributed by atoms with Crippen LogP contribution < -0.4 is 5.73 Å². The maximum atomic E-state index is 8.93. The molecule has 0 aliphatic rings. The van der Waals surface area contributed by atoms with Gasteiger partial charge in [-0.25, -0.2) is 0 Å². The number of H-pyrrole nitrogens is 1. The van der Waals surface area contributed by atoms with Crippen LogP contribution in [0.3, 0.4) is 0 Å². The van der Waals surface area contributed by atoms with E-state index in [9.17, 15) is 0 Å². The molecule has 1 aromatic heterocycles. The smallest absolute Gasteiger partial charge is 0.239 e. The van der Waals surface area contributed by atoms with Crippen LogP contribution in [0, 0.1) is 0 Å². The van der Waals surface area contributed by atoms with Crippen molar-refractivity contribution in [2.24, 2.45) is 0 Å². The van der Waals surface area contributed by atoms with Crippen LogP contribution in [0.4, 0.5) is 5.95 Å². The molecular formula is C6H12N4O. The molecule has 0 fully saturated rings. The van der Waals surface area contributed by atoms with Crippen molar-refractivity contribution in [3.8, 4) is 0 Å². The zero-order valence-electron chi connectivity index (χ0n) is 6.63. The highest BCUT2D eigenvalue weighted by Gasteiger charge is 2.23. The van der Waals surface area contributed by atoms with Crippen molar-refractivity contribution >= 4 is 5.95 Å². The van der Waals surface area contributed by atoms with Crippen molar-refractivity contribution in [1.82, 2.24) is 15.2 Å². The minimum Gasteiger partial charge on any atom is -0.395 e. The van der Waals surface area contributed by atoms with Crippen LogP contribution in [0.15, 0.2) is 0 Å². The number of nitrogens with one attached hydrogen (secondary N) is 1. The summed E-state index contributed by atoms with van der Waals surface area (Å²) in [7, 11) is 0. The first-order chi connectivity index (χ1) is 5.06. The van der Waals surface area contributed by atoms with Gasteiger partial charge >= 0.3 is 0 Å². The molecule has 62 valence electrons. The van der Waals surface area contributed by atoms with Crippen molar-refractivity contribution < 1.29 is 5.11 Å². The second-order valence-electron chi connectivity index (χ2n) is 3.08. The molecule has 0 bridgehead atoms. The Labute approximate surface area is 64.6 Å². The Bertz CT molecular complexity index is 242. The quantitative estimate of drug-likeness (QED) is 0.546. The minimum atomic E-state index is -0.398. The molecule has 0 spiro atoms. The highest BCUT2D eigenvalue weighted by molar-refractivity contribution is 5.16. The number of nitrogens with two attached hydrogens (primary N) is 1. The molecule has 11 heavy (non-hydrogen) atoms. The zero-order valence-corrected chi connectivity index (χ0v) is 6.63. The molecule has 1 heterocycles. The minimum absolute atomic E-state index is 0.0155. The van der Waals surface area contributed by atoms with E-state index in [1.807, 2.05) is 13.8 Å². The lowest BCUT2D eigenvalue weighted by molar-refractivity contribution is 0.212. The van der Waals surface area contributed by atoms with E-state index in [0.717, 1.165) is 0 Å². The lowest BCUT2D eigenvalue weighted by Gasteiger charge is -2.16. The fraction of sp³-hybridized carbons (Fsp3) is 0.667. The molecule has 0 saturated carbocycles. The van der Waals surface area contributed by atoms with Crippen LogP contribution in [0.1, 0.15) is 19.7 Å². The van der Waals surface area contributed by atoms with E-state index in [2.05, 4.69) is 15.2 Å². The number of aliphatic hydroxyl groups excluding tert-OH is 1. The van der Waals surface area contributed by atoms with Crippen LogP contribution in [-0.4, -0.2) is 26.9 Å². The van der Waals surface area contributed by atoms with Gasteiger partial charge in [0.05, 0.1) is 6.61 Å². The van der Waals surface area contributed by atoms with Gasteiger partial charge in [-0.15, -0.1) is 5.10 Å². The molecule has 0 aliphatic heterocycles. The summed E-state index contributed by atoms with van der Waals surface area (Å²) in [6.07, 6.45) is 0. The van der Waals surface area contributed by atoms with E-state index in [0.29, 0.717) is 5.82 Å². The summed E-state index contributed by atoms with van der Waals surface area (Å²) in [5.41, 5.74) is 4.90. The average molecular weight is 156 g/mol. The second kappa shape index (κ2) is 2.50. The first kappa shape index (κ1) is 8.00. The van der Waals surface area contributed by atoms with Gasteiger partial charge in [-0.2, -0.15) is 4.98 Å². The van der Waals surface area contributed by atoms with Crippen molar-refractivity contribution in [3.05, 3.63) is 5.82 Å². The van der Waals surface area contributed by atoms with Crippen molar-refractivity contribution in [3.63, 3.8) is 0 Å². The molecule has 5 nitrogen and oxygen atoms in total. The normalized spacial score (nSPS) is 11.9. The van der Waals surface area contributed by atoms with Gasteiger partial charge in [-0.3, -0.25) is 5.10 Å². The van der Waals surface area contributed by atoms with Gasteiger partial charge in [0.25, 0.3) is 0 Å². The molecule has 0 aromatic carbocycles. The summed E-state index contributed by atoms with van der Waals surface area (Å²) in [6.45, 7) is 3.72. The first-order valence-electron chi connectivity index (χ1n) is 3.35.